The first-order valence-electron chi connectivity index (χ1n) is 18.8. The molecule has 1 aromatic heterocycles. The first-order chi connectivity index (χ1) is 26.4. The van der Waals surface area contributed by atoms with Crippen LogP contribution in [-0.2, 0) is 29.1 Å². The summed E-state index contributed by atoms with van der Waals surface area (Å²) in [5, 5.41) is 4.88. The fraction of sp³-hybridized carbons (Fsp3) is 0.500. The van der Waals surface area contributed by atoms with Gasteiger partial charge in [-0.1, -0.05) is 65.0 Å². The van der Waals surface area contributed by atoms with Crippen molar-refractivity contribution < 1.29 is 41.8 Å². The third-order valence-electron chi connectivity index (χ3n) is 10.6. The van der Waals surface area contributed by atoms with Gasteiger partial charge in [0, 0.05) is 23.3 Å². The van der Waals surface area contributed by atoms with E-state index in [4.69, 9.17) is 24.2 Å². The topological polar surface area (TPSA) is 195 Å². The zero-order valence-corrected chi connectivity index (χ0v) is 33.0. The fourth-order valence-corrected chi connectivity index (χ4v) is 8.46. The average Bonchev–Trinajstić information content (AvgIpc) is 4.08. The SMILES string of the molecule is C=C[C@@H]1C[C@]1(NC(=O)[C@@H]1C[C@@H]2CN1C(=O)[C@H](C(C)(C)C)NC(=O)OCC(C)(C)COc1cccc(c1)-c1nc3ccccc3nc1O2)C(=O)NS(=O)(=O)C1CC1. The van der Waals surface area contributed by atoms with Gasteiger partial charge in [-0.2, -0.15) is 0 Å². The molecular formula is C40H48N6O9S. The summed E-state index contributed by atoms with van der Waals surface area (Å²) in [6.45, 7) is 13.0. The number of nitrogens with one attached hydrogen (secondary N) is 3. The van der Waals surface area contributed by atoms with Crippen molar-refractivity contribution in [3.05, 3.63) is 61.2 Å². The van der Waals surface area contributed by atoms with Crippen molar-refractivity contribution >= 4 is 44.9 Å². The van der Waals surface area contributed by atoms with E-state index in [9.17, 15) is 27.6 Å². The Morgan fingerprint density at radius 2 is 1.71 bits per heavy atom. The summed E-state index contributed by atoms with van der Waals surface area (Å²) >= 11 is 0. The number of amides is 4. The molecule has 0 unspecified atom stereocenters. The molecule has 3 aromatic rings. The molecule has 3 fully saturated rings. The highest BCUT2D eigenvalue weighted by Gasteiger charge is 2.62. The minimum Gasteiger partial charge on any atom is -0.493 e. The molecule has 2 saturated carbocycles. The van der Waals surface area contributed by atoms with E-state index in [2.05, 4.69) is 21.9 Å². The molecule has 4 bridgehead atoms. The van der Waals surface area contributed by atoms with Gasteiger partial charge in [-0.05, 0) is 48.9 Å². The molecule has 56 heavy (non-hydrogen) atoms. The molecule has 4 amide bonds. The number of carbonyl (C=O) groups is 4. The number of rotatable bonds is 6. The van der Waals surface area contributed by atoms with Gasteiger partial charge in [-0.3, -0.25) is 19.1 Å². The lowest BCUT2D eigenvalue weighted by molar-refractivity contribution is -0.142. The zero-order valence-electron chi connectivity index (χ0n) is 32.2. The van der Waals surface area contributed by atoms with E-state index in [1.165, 1.54) is 11.0 Å². The minimum atomic E-state index is -3.92. The van der Waals surface area contributed by atoms with Crippen LogP contribution in [0.2, 0.25) is 0 Å². The molecule has 5 atom stereocenters. The predicted octanol–water partition coefficient (Wildman–Crippen LogP) is 3.87. The van der Waals surface area contributed by atoms with Crippen molar-refractivity contribution in [2.75, 3.05) is 19.8 Å². The number of carbonyl (C=O) groups excluding carboxylic acids is 4. The lowest BCUT2D eigenvalue weighted by Gasteiger charge is -2.35. The standard InChI is InChI=1S/C40H48N6O9S/c1-7-24-19-40(24,36(49)45-56(51,52)27-15-16-27)44-33(47)30-18-26-20-46(30)35(48)32(38(2,3)4)43-37(50)54-22-39(5,6)21-53-25-12-10-11-23(17-25)31-34(55-26)42-29-14-9-8-13-28(29)41-31/h7-14,17,24,26-27,30,32H,1,15-16,18-22H2,2-6H3,(H,43,50)(H,44,47)(H,45,49)/t24-,26-,30+,32-,40-/m1/s1. The highest BCUT2D eigenvalue weighted by Crippen LogP contribution is 2.46. The van der Waals surface area contributed by atoms with E-state index in [0.29, 0.717) is 40.9 Å². The smallest absolute Gasteiger partial charge is 0.407 e. The molecule has 16 heteroatoms. The Balaban J connectivity index is 1.27. The van der Waals surface area contributed by atoms with Crippen molar-refractivity contribution in [1.29, 1.82) is 0 Å². The van der Waals surface area contributed by atoms with Crippen LogP contribution in [0.15, 0.2) is 61.2 Å². The summed E-state index contributed by atoms with van der Waals surface area (Å²) in [4.78, 5) is 67.1. The van der Waals surface area contributed by atoms with Gasteiger partial charge in [0.25, 0.3) is 5.91 Å². The van der Waals surface area contributed by atoms with Gasteiger partial charge in [0.2, 0.25) is 27.7 Å². The predicted molar refractivity (Wildman–Crippen MR) is 206 cm³/mol. The molecule has 0 radical (unpaired) electrons. The molecule has 3 heterocycles. The number of alkyl carbamates (subject to hydrolysis) is 1. The second kappa shape index (κ2) is 14.4. The van der Waals surface area contributed by atoms with Crippen molar-refractivity contribution in [1.82, 2.24) is 30.2 Å². The van der Waals surface area contributed by atoms with Gasteiger partial charge in [0.1, 0.15) is 41.8 Å². The van der Waals surface area contributed by atoms with Gasteiger partial charge in [-0.15, -0.1) is 6.58 Å². The summed E-state index contributed by atoms with van der Waals surface area (Å²) in [6.07, 6.45) is 0.872. The van der Waals surface area contributed by atoms with Crippen LogP contribution < -0.4 is 24.8 Å². The van der Waals surface area contributed by atoms with Gasteiger partial charge < -0.3 is 29.7 Å². The molecule has 1 saturated heterocycles. The van der Waals surface area contributed by atoms with Crippen molar-refractivity contribution in [2.45, 2.75) is 89.3 Å². The maximum Gasteiger partial charge on any atom is 0.407 e. The molecule has 7 rings (SSSR count). The molecule has 0 spiro atoms. The Morgan fingerprint density at radius 1 is 1.02 bits per heavy atom. The summed E-state index contributed by atoms with van der Waals surface area (Å²) in [5.41, 5.74) is -0.800. The highest BCUT2D eigenvalue weighted by atomic mass is 32.2. The van der Waals surface area contributed by atoms with Gasteiger partial charge >= 0.3 is 6.09 Å². The minimum absolute atomic E-state index is 0.0268. The Hall–Kier alpha value is -5.25. The Bertz CT molecular complexity index is 2200. The molecule has 15 nitrogen and oxygen atoms in total. The number of nitrogens with zero attached hydrogens (tertiary/aromatic N) is 3. The van der Waals surface area contributed by atoms with Crippen molar-refractivity contribution in [3.8, 4) is 22.9 Å². The van der Waals surface area contributed by atoms with Gasteiger partial charge in [-0.25, -0.2) is 23.2 Å². The molecule has 298 valence electrons. The van der Waals surface area contributed by atoms with Crippen LogP contribution in [0.4, 0.5) is 4.79 Å². The summed E-state index contributed by atoms with van der Waals surface area (Å²) in [7, 11) is -3.92. The summed E-state index contributed by atoms with van der Waals surface area (Å²) in [6, 6.07) is 12.3. The summed E-state index contributed by atoms with van der Waals surface area (Å²) < 4.78 is 46.1. The van der Waals surface area contributed by atoms with Crippen LogP contribution in [-0.4, -0.2) is 95.8 Å². The van der Waals surface area contributed by atoms with E-state index in [-0.39, 0.29) is 38.5 Å². The highest BCUT2D eigenvalue weighted by molar-refractivity contribution is 7.91. The fourth-order valence-electron chi connectivity index (χ4n) is 7.09. The van der Waals surface area contributed by atoms with Crippen LogP contribution in [0, 0.1) is 16.7 Å². The van der Waals surface area contributed by atoms with Crippen LogP contribution in [0.5, 0.6) is 11.6 Å². The number of cyclic esters (lactones) is 1. The lowest BCUT2D eigenvalue weighted by atomic mass is 9.85. The number of sulfonamides is 1. The number of fused-ring (bicyclic) bond motifs is 7. The molecular weight excluding hydrogens is 741 g/mol. The molecule has 2 aromatic carbocycles. The van der Waals surface area contributed by atoms with Crippen molar-refractivity contribution in [2.24, 2.45) is 16.7 Å². The monoisotopic (exact) mass is 788 g/mol. The van der Waals surface area contributed by atoms with Crippen LogP contribution in [0.25, 0.3) is 22.3 Å². The Kier molecular flexibility index (Phi) is 10.00. The van der Waals surface area contributed by atoms with Gasteiger partial charge in [0.15, 0.2) is 0 Å². The summed E-state index contributed by atoms with van der Waals surface area (Å²) in [5.74, 6) is -1.95. The first-order valence-corrected chi connectivity index (χ1v) is 20.3. The first kappa shape index (κ1) is 39.0. The second-order valence-corrected chi connectivity index (χ2v) is 19.0. The van der Waals surface area contributed by atoms with Crippen molar-refractivity contribution in [3.63, 3.8) is 0 Å². The number of hydrogen-bond acceptors (Lipinski definition) is 11. The van der Waals surface area contributed by atoms with E-state index >= 15 is 0 Å². The average molecular weight is 789 g/mol. The van der Waals surface area contributed by atoms with E-state index in [1.807, 2.05) is 56.3 Å². The molecule has 2 aliphatic heterocycles. The van der Waals surface area contributed by atoms with E-state index in [0.717, 1.165) is 0 Å². The maximum absolute atomic E-state index is 14.7. The Labute approximate surface area is 326 Å². The number of ether oxygens (including phenoxy) is 3. The largest absolute Gasteiger partial charge is 0.493 e. The van der Waals surface area contributed by atoms with Crippen LogP contribution in [0.3, 0.4) is 0 Å². The number of hydrogen-bond donors (Lipinski definition) is 3. The third kappa shape index (κ3) is 8.02. The third-order valence-corrected chi connectivity index (χ3v) is 12.4. The maximum atomic E-state index is 14.7. The lowest BCUT2D eigenvalue weighted by Crippen LogP contribution is -2.60. The van der Waals surface area contributed by atoms with Gasteiger partial charge in [0.05, 0.1) is 29.4 Å². The zero-order chi connectivity index (χ0) is 40.2. The Morgan fingerprint density at radius 3 is 2.38 bits per heavy atom. The van der Waals surface area contributed by atoms with E-state index in [1.54, 1.807) is 26.8 Å². The number of aromatic nitrogens is 2. The quantitative estimate of drug-likeness (QED) is 0.307. The number of para-hydroxylation sites is 2. The molecule has 2 aliphatic carbocycles. The molecule has 3 N–H and O–H groups in total. The van der Waals surface area contributed by atoms with Crippen LogP contribution in [0.1, 0.15) is 60.3 Å². The van der Waals surface area contributed by atoms with E-state index < -0.39 is 79.6 Å². The normalized spacial score (nSPS) is 26.6. The number of benzene rings is 2. The second-order valence-electron chi connectivity index (χ2n) is 17.0. The van der Waals surface area contributed by atoms with Crippen LogP contribution >= 0.6 is 0 Å². The molecule has 4 aliphatic rings.